The lowest BCUT2D eigenvalue weighted by atomic mass is 9.95. The van der Waals surface area contributed by atoms with E-state index in [0.717, 1.165) is 4.70 Å². The van der Waals surface area contributed by atoms with Gasteiger partial charge in [0.2, 0.25) is 0 Å². The van der Waals surface area contributed by atoms with Gasteiger partial charge >= 0.3 is 5.91 Å². The number of ether oxygens (including phenoxy) is 3. The molecule has 1 saturated heterocycles. The summed E-state index contributed by atoms with van der Waals surface area (Å²) in [6, 6.07) is 15.6. The van der Waals surface area contributed by atoms with Gasteiger partial charge in [-0.1, -0.05) is 29.5 Å². The highest BCUT2D eigenvalue weighted by Gasteiger charge is 2.48. The molecule has 1 aliphatic heterocycles. The van der Waals surface area contributed by atoms with Crippen LogP contribution in [0.5, 0.6) is 23.0 Å². The van der Waals surface area contributed by atoms with Gasteiger partial charge in [-0.15, -0.1) is 0 Å². The predicted octanol–water partition coefficient (Wildman–Crippen LogP) is 5.82. The number of phenolic OH excluding ortho intramolecular Hbond substituents is 1. The van der Waals surface area contributed by atoms with Crippen LogP contribution in [0.15, 0.2) is 66.2 Å². The molecule has 1 aliphatic rings. The fourth-order valence-corrected chi connectivity index (χ4v) is 5.65. The van der Waals surface area contributed by atoms with E-state index < -0.39 is 17.7 Å². The van der Waals surface area contributed by atoms with Crippen LogP contribution in [0.25, 0.3) is 16.0 Å². The third kappa shape index (κ3) is 4.93. The van der Waals surface area contributed by atoms with E-state index in [1.54, 1.807) is 55.5 Å². The molecule has 4 aromatic rings. The van der Waals surface area contributed by atoms with Crippen LogP contribution < -0.4 is 19.1 Å². The number of amides is 1. The van der Waals surface area contributed by atoms with Crippen molar-refractivity contribution >= 4 is 44.1 Å². The van der Waals surface area contributed by atoms with Crippen LogP contribution in [-0.2, 0) is 9.59 Å². The smallest absolute Gasteiger partial charge is 0.301 e. The summed E-state index contributed by atoms with van der Waals surface area (Å²) >= 11 is 1.23. The van der Waals surface area contributed by atoms with Gasteiger partial charge in [-0.2, -0.15) is 0 Å². The number of aromatic nitrogens is 1. The number of aliphatic hydroxyl groups excluding tert-OH is 1. The number of rotatable bonds is 9. The van der Waals surface area contributed by atoms with Gasteiger partial charge in [0.05, 0.1) is 41.7 Å². The molecule has 10 heteroatoms. The fraction of sp³-hybridized carbons (Fsp3) is 0.233. The number of aliphatic hydroxyl groups is 1. The van der Waals surface area contributed by atoms with Crippen LogP contribution in [-0.4, -0.2) is 46.7 Å². The molecule has 0 radical (unpaired) electrons. The molecule has 1 fully saturated rings. The van der Waals surface area contributed by atoms with Gasteiger partial charge in [-0.3, -0.25) is 14.5 Å². The Bertz CT molecular complexity index is 1630. The number of thiazole rings is 1. The van der Waals surface area contributed by atoms with Crippen molar-refractivity contribution in [2.45, 2.75) is 26.8 Å². The summed E-state index contributed by atoms with van der Waals surface area (Å²) in [6.07, 6.45) is 0. The molecule has 0 spiro atoms. The topological polar surface area (TPSA) is 118 Å². The first-order valence-electron chi connectivity index (χ1n) is 12.9. The zero-order valence-electron chi connectivity index (χ0n) is 22.2. The van der Waals surface area contributed by atoms with Crippen molar-refractivity contribution in [3.05, 3.63) is 77.4 Å². The summed E-state index contributed by atoms with van der Waals surface area (Å²) in [5, 5.41) is 22.1. The first kappa shape index (κ1) is 27.0. The second-order valence-corrected chi connectivity index (χ2v) is 9.86. The number of nitrogens with zero attached hydrogens (tertiary/aromatic N) is 2. The SMILES string of the molecule is CCOc1cccc(C(O)=C2C(=O)C(=O)N(c3nc4ccc(OCC)cc4s3)C2c2ccc(O)c(OCC)c2)c1. The minimum absolute atomic E-state index is 0.0876. The van der Waals surface area contributed by atoms with Crippen LogP contribution in [0.1, 0.15) is 37.9 Å². The number of aromatic hydroxyl groups is 1. The third-order valence-corrected chi connectivity index (χ3v) is 7.35. The second-order valence-electron chi connectivity index (χ2n) is 8.85. The van der Waals surface area contributed by atoms with E-state index in [0.29, 0.717) is 48.0 Å². The zero-order valence-corrected chi connectivity index (χ0v) is 23.0. The Morgan fingerprint density at radius 2 is 1.65 bits per heavy atom. The molecule has 0 bridgehead atoms. The van der Waals surface area contributed by atoms with Crippen LogP contribution in [0, 0.1) is 0 Å². The average Bonchev–Trinajstić information content (AvgIpc) is 3.48. The number of phenols is 1. The number of hydrogen-bond acceptors (Lipinski definition) is 9. The van der Waals surface area contributed by atoms with Crippen molar-refractivity contribution < 1.29 is 34.0 Å². The monoisotopic (exact) mass is 560 g/mol. The molecule has 3 aromatic carbocycles. The molecule has 1 aromatic heterocycles. The Hall–Kier alpha value is -4.57. The van der Waals surface area contributed by atoms with Crippen molar-refractivity contribution in [1.82, 2.24) is 4.98 Å². The molecule has 9 nitrogen and oxygen atoms in total. The maximum Gasteiger partial charge on any atom is 0.301 e. The minimum Gasteiger partial charge on any atom is -0.507 e. The summed E-state index contributed by atoms with van der Waals surface area (Å²) in [4.78, 5) is 33.1. The standard InChI is InChI=1S/C30H28N2O7S/c1-4-37-19-9-7-8-18(14-19)27(34)25-26(17-10-13-22(33)23(15-17)39-6-3)32(29(36)28(25)35)30-31-21-12-11-20(38-5-2)16-24(21)40-30/h7-16,26,33-34H,4-6H2,1-3H3. The number of fused-ring (bicyclic) bond motifs is 1. The van der Waals surface area contributed by atoms with Crippen LogP contribution in [0.2, 0.25) is 0 Å². The van der Waals surface area contributed by atoms with E-state index in [4.69, 9.17) is 14.2 Å². The van der Waals surface area contributed by atoms with Crippen molar-refractivity contribution in [1.29, 1.82) is 0 Å². The summed E-state index contributed by atoms with van der Waals surface area (Å²) < 4.78 is 17.5. The van der Waals surface area contributed by atoms with E-state index >= 15 is 0 Å². The van der Waals surface area contributed by atoms with Gasteiger partial charge < -0.3 is 24.4 Å². The van der Waals surface area contributed by atoms with Gasteiger partial charge in [0.1, 0.15) is 17.3 Å². The maximum absolute atomic E-state index is 13.6. The number of carbonyl (C=O) groups excluding carboxylic acids is 2. The molecule has 1 amide bonds. The molecule has 1 unspecified atom stereocenters. The quantitative estimate of drug-likeness (QED) is 0.149. The van der Waals surface area contributed by atoms with Crippen LogP contribution in [0.3, 0.4) is 0 Å². The summed E-state index contributed by atoms with van der Waals surface area (Å²) in [6.45, 7) is 6.72. The molecule has 40 heavy (non-hydrogen) atoms. The summed E-state index contributed by atoms with van der Waals surface area (Å²) in [7, 11) is 0. The van der Waals surface area contributed by atoms with E-state index in [1.165, 1.54) is 22.3 Å². The Morgan fingerprint density at radius 3 is 2.38 bits per heavy atom. The van der Waals surface area contributed by atoms with Gasteiger partial charge in [-0.05, 0) is 68.8 Å². The maximum atomic E-state index is 13.6. The molecule has 1 atom stereocenters. The van der Waals surface area contributed by atoms with Gasteiger partial charge in [-0.25, -0.2) is 4.98 Å². The zero-order chi connectivity index (χ0) is 28.4. The molecular formula is C30H28N2O7S. The predicted molar refractivity (Wildman–Crippen MR) is 152 cm³/mol. The molecule has 206 valence electrons. The normalized spacial score (nSPS) is 16.5. The van der Waals surface area contributed by atoms with Crippen molar-refractivity contribution in [2.24, 2.45) is 0 Å². The van der Waals surface area contributed by atoms with Crippen LogP contribution in [0.4, 0.5) is 5.13 Å². The Balaban J connectivity index is 1.70. The third-order valence-electron chi connectivity index (χ3n) is 6.33. The minimum atomic E-state index is -1.04. The van der Waals surface area contributed by atoms with Crippen molar-refractivity contribution in [2.75, 3.05) is 24.7 Å². The fourth-order valence-electron chi connectivity index (χ4n) is 4.62. The van der Waals surface area contributed by atoms with Crippen LogP contribution >= 0.6 is 11.3 Å². The van der Waals surface area contributed by atoms with Crippen molar-refractivity contribution in [3.8, 4) is 23.0 Å². The molecule has 0 aliphatic carbocycles. The first-order chi connectivity index (χ1) is 19.4. The summed E-state index contributed by atoms with van der Waals surface area (Å²) in [5.41, 5.74) is 1.30. The average molecular weight is 561 g/mol. The van der Waals surface area contributed by atoms with E-state index in [9.17, 15) is 19.8 Å². The number of carbonyl (C=O) groups is 2. The number of anilines is 1. The lowest BCUT2D eigenvalue weighted by molar-refractivity contribution is -0.132. The van der Waals surface area contributed by atoms with Gasteiger partial charge in [0, 0.05) is 5.56 Å². The largest absolute Gasteiger partial charge is 0.507 e. The lowest BCUT2D eigenvalue weighted by Crippen LogP contribution is -2.29. The van der Waals surface area contributed by atoms with Crippen molar-refractivity contribution in [3.63, 3.8) is 0 Å². The number of Topliss-reactive ketones (excluding diaryl/α,β-unsaturated/α-hetero) is 1. The molecular weight excluding hydrogens is 532 g/mol. The van der Waals surface area contributed by atoms with E-state index in [-0.39, 0.29) is 28.0 Å². The second kappa shape index (κ2) is 11.3. The number of hydrogen-bond donors (Lipinski definition) is 2. The highest BCUT2D eigenvalue weighted by molar-refractivity contribution is 7.22. The van der Waals surface area contributed by atoms with E-state index in [1.807, 2.05) is 19.9 Å². The summed E-state index contributed by atoms with van der Waals surface area (Å²) in [5.74, 6) is -0.759. The molecule has 5 rings (SSSR count). The molecule has 0 saturated carbocycles. The number of benzene rings is 3. The van der Waals surface area contributed by atoms with E-state index in [2.05, 4.69) is 4.98 Å². The first-order valence-corrected chi connectivity index (χ1v) is 13.7. The highest BCUT2D eigenvalue weighted by Crippen LogP contribution is 2.46. The number of ketones is 1. The van der Waals surface area contributed by atoms with Gasteiger partial charge in [0.15, 0.2) is 16.6 Å². The highest BCUT2D eigenvalue weighted by atomic mass is 32.1. The Kier molecular flexibility index (Phi) is 7.61. The molecule has 2 N–H and O–H groups in total. The molecule has 2 heterocycles. The lowest BCUT2D eigenvalue weighted by Gasteiger charge is -2.23. The Morgan fingerprint density at radius 1 is 0.925 bits per heavy atom. The Labute approximate surface area is 234 Å². The van der Waals surface area contributed by atoms with Gasteiger partial charge in [0.25, 0.3) is 5.78 Å².